The average molecular weight is 527 g/mol. The maximum atomic E-state index is 5.88. The van der Waals surface area contributed by atoms with Gasteiger partial charge in [0.15, 0.2) is 11.8 Å². The molecule has 154 valence electrons. The molecule has 0 fully saturated rings. The van der Waals surface area contributed by atoms with E-state index in [1.807, 2.05) is 48.3 Å². The van der Waals surface area contributed by atoms with Gasteiger partial charge in [0.1, 0.15) is 18.7 Å². The summed E-state index contributed by atoms with van der Waals surface area (Å²) in [6.07, 6.45) is 1.50. The third-order valence-electron chi connectivity index (χ3n) is 4.15. The molecule has 1 heterocycles. The summed E-state index contributed by atoms with van der Waals surface area (Å²) in [7, 11) is 3.75. The molecule has 29 heavy (non-hydrogen) atoms. The molecule has 0 amide bonds. The minimum atomic E-state index is 0. The second-order valence-corrected chi connectivity index (χ2v) is 6.60. The molecule has 3 aromatic rings. The van der Waals surface area contributed by atoms with Gasteiger partial charge in [-0.15, -0.1) is 24.0 Å². The van der Waals surface area contributed by atoms with Crippen LogP contribution in [0.3, 0.4) is 0 Å². The van der Waals surface area contributed by atoms with Gasteiger partial charge in [0.2, 0.25) is 0 Å². The Balaban J connectivity index is 0.00000300. The number of aromatic amines is 1. The molecule has 0 bridgehead atoms. The smallest absolute Gasteiger partial charge is 0.193 e. The molecule has 2 N–H and O–H groups in total. The van der Waals surface area contributed by atoms with E-state index in [1.165, 1.54) is 6.33 Å². The topological polar surface area (TPSA) is 78.4 Å². The zero-order valence-electron chi connectivity index (χ0n) is 16.3. The molecule has 3 rings (SSSR count). The number of nitrogens with one attached hydrogen (secondary N) is 2. The monoisotopic (exact) mass is 526 g/mol. The molecule has 0 radical (unpaired) electrons. The summed E-state index contributed by atoms with van der Waals surface area (Å²) in [6.45, 7) is 1.89. The van der Waals surface area contributed by atoms with Crippen LogP contribution in [0.15, 0.2) is 59.9 Å². The summed E-state index contributed by atoms with van der Waals surface area (Å²) < 4.78 is 5.75. The first-order valence-electron chi connectivity index (χ1n) is 8.90. The maximum absolute atomic E-state index is 5.88. The Hall–Kier alpha value is -2.33. The normalized spacial score (nSPS) is 10.9. The molecule has 0 aliphatic rings. The highest BCUT2D eigenvalue weighted by molar-refractivity contribution is 14.0. The van der Waals surface area contributed by atoms with Crippen LogP contribution in [-0.4, -0.2) is 53.3 Å². The van der Waals surface area contributed by atoms with Crippen LogP contribution >= 0.6 is 35.6 Å². The number of aromatic nitrogens is 3. The zero-order valence-corrected chi connectivity index (χ0v) is 19.4. The molecular formula is C20H24ClIN6O. The Bertz CT molecular complexity index is 902. The number of ether oxygens (including phenoxy) is 1. The predicted octanol–water partition coefficient (Wildman–Crippen LogP) is 3.83. The van der Waals surface area contributed by atoms with Crippen molar-refractivity contribution in [3.63, 3.8) is 0 Å². The van der Waals surface area contributed by atoms with Crippen molar-refractivity contribution in [2.45, 2.75) is 6.54 Å². The van der Waals surface area contributed by atoms with Crippen molar-refractivity contribution < 1.29 is 4.74 Å². The average Bonchev–Trinajstić information content (AvgIpc) is 3.25. The number of nitrogens with zero attached hydrogens (tertiary/aromatic N) is 4. The van der Waals surface area contributed by atoms with Crippen molar-refractivity contribution in [2.24, 2.45) is 4.99 Å². The lowest BCUT2D eigenvalue weighted by Crippen LogP contribution is -2.40. The van der Waals surface area contributed by atoms with E-state index >= 15 is 0 Å². The summed E-state index contributed by atoms with van der Waals surface area (Å²) in [4.78, 5) is 10.6. The Morgan fingerprint density at radius 3 is 2.72 bits per heavy atom. The highest BCUT2D eigenvalue weighted by atomic mass is 127. The van der Waals surface area contributed by atoms with E-state index in [0.717, 1.165) is 28.7 Å². The van der Waals surface area contributed by atoms with Gasteiger partial charge in [-0.3, -0.25) is 10.1 Å². The zero-order chi connectivity index (χ0) is 19.8. The van der Waals surface area contributed by atoms with E-state index in [1.54, 1.807) is 7.05 Å². The van der Waals surface area contributed by atoms with Gasteiger partial charge < -0.3 is 15.0 Å². The summed E-state index contributed by atoms with van der Waals surface area (Å²) in [5, 5.41) is 10.8. The van der Waals surface area contributed by atoms with Gasteiger partial charge in [-0.2, -0.15) is 5.10 Å². The molecule has 0 aliphatic carbocycles. The third kappa shape index (κ3) is 6.90. The number of halogens is 2. The second-order valence-electron chi connectivity index (χ2n) is 6.16. The Morgan fingerprint density at radius 1 is 1.24 bits per heavy atom. The number of H-pyrrole nitrogens is 1. The van der Waals surface area contributed by atoms with Crippen LogP contribution in [0.1, 0.15) is 5.56 Å². The first kappa shape index (κ1) is 23.0. The van der Waals surface area contributed by atoms with Crippen molar-refractivity contribution in [1.82, 2.24) is 25.4 Å². The van der Waals surface area contributed by atoms with Gasteiger partial charge in [-0.05, 0) is 35.9 Å². The standard InChI is InChI=1S/C20H23ClN6O.HI/c1-22-20(27(2)10-11-28-18-8-6-17(21)7-9-18)23-13-15-4-3-5-16(12-15)19-24-14-25-26-19;/h3-9,12,14H,10-11,13H2,1-2H3,(H,22,23)(H,24,25,26);1H. The van der Waals surface area contributed by atoms with Gasteiger partial charge in [-0.25, -0.2) is 4.98 Å². The van der Waals surface area contributed by atoms with Crippen LogP contribution < -0.4 is 10.1 Å². The highest BCUT2D eigenvalue weighted by Gasteiger charge is 2.07. The quantitative estimate of drug-likeness (QED) is 0.278. The largest absolute Gasteiger partial charge is 0.492 e. The second kappa shape index (κ2) is 11.6. The molecule has 0 saturated carbocycles. The van der Waals surface area contributed by atoms with Gasteiger partial charge in [0.05, 0.1) is 6.54 Å². The number of likely N-dealkylation sites (N-methyl/N-ethyl adjacent to an activating group) is 1. The van der Waals surface area contributed by atoms with Crippen LogP contribution in [0.2, 0.25) is 5.02 Å². The van der Waals surface area contributed by atoms with Crippen LogP contribution in [-0.2, 0) is 6.54 Å². The van der Waals surface area contributed by atoms with Crippen LogP contribution in [0.25, 0.3) is 11.4 Å². The summed E-state index contributed by atoms with van der Waals surface area (Å²) in [6, 6.07) is 15.5. The number of aliphatic imine (C=N–C) groups is 1. The van der Waals surface area contributed by atoms with Crippen molar-refractivity contribution >= 4 is 41.5 Å². The fraction of sp³-hybridized carbons (Fsp3) is 0.250. The SMILES string of the molecule is CN=C(NCc1cccc(-c2ncn[nH]2)c1)N(C)CCOc1ccc(Cl)cc1.I. The number of benzene rings is 2. The fourth-order valence-electron chi connectivity index (χ4n) is 2.68. The van der Waals surface area contributed by atoms with Crippen molar-refractivity contribution in [3.05, 3.63) is 65.4 Å². The van der Waals surface area contributed by atoms with Crippen LogP contribution in [0.5, 0.6) is 5.75 Å². The van der Waals surface area contributed by atoms with Gasteiger partial charge in [-0.1, -0.05) is 29.8 Å². The summed E-state index contributed by atoms with van der Waals surface area (Å²) in [5.74, 6) is 2.34. The van der Waals surface area contributed by atoms with Crippen molar-refractivity contribution in [1.29, 1.82) is 0 Å². The van der Waals surface area contributed by atoms with E-state index in [9.17, 15) is 0 Å². The Morgan fingerprint density at radius 2 is 2.03 bits per heavy atom. The third-order valence-corrected chi connectivity index (χ3v) is 4.40. The molecule has 1 aromatic heterocycles. The van der Waals surface area contributed by atoms with E-state index in [2.05, 4.69) is 37.6 Å². The fourth-order valence-corrected chi connectivity index (χ4v) is 2.80. The first-order chi connectivity index (χ1) is 13.7. The molecule has 0 atom stereocenters. The predicted molar refractivity (Wildman–Crippen MR) is 127 cm³/mol. The minimum absolute atomic E-state index is 0. The van der Waals surface area contributed by atoms with Crippen LogP contribution in [0, 0.1) is 0 Å². The first-order valence-corrected chi connectivity index (χ1v) is 9.28. The van der Waals surface area contributed by atoms with E-state index in [-0.39, 0.29) is 24.0 Å². The number of hydrogen-bond donors (Lipinski definition) is 2. The van der Waals surface area contributed by atoms with Gasteiger partial charge in [0.25, 0.3) is 0 Å². The summed E-state index contributed by atoms with van der Waals surface area (Å²) in [5.41, 5.74) is 2.12. The number of rotatable bonds is 7. The highest BCUT2D eigenvalue weighted by Crippen LogP contribution is 2.16. The minimum Gasteiger partial charge on any atom is -0.492 e. The molecule has 0 saturated heterocycles. The van der Waals surface area contributed by atoms with Crippen LogP contribution in [0.4, 0.5) is 0 Å². The van der Waals surface area contributed by atoms with E-state index in [4.69, 9.17) is 16.3 Å². The molecule has 0 unspecified atom stereocenters. The molecule has 2 aromatic carbocycles. The molecule has 0 aliphatic heterocycles. The Kier molecular flexibility index (Phi) is 9.20. The molecule has 7 nitrogen and oxygen atoms in total. The molecular weight excluding hydrogens is 503 g/mol. The van der Waals surface area contributed by atoms with E-state index in [0.29, 0.717) is 24.7 Å². The lowest BCUT2D eigenvalue weighted by atomic mass is 10.1. The van der Waals surface area contributed by atoms with Gasteiger partial charge >= 0.3 is 0 Å². The van der Waals surface area contributed by atoms with Crippen molar-refractivity contribution in [3.8, 4) is 17.1 Å². The molecule has 0 spiro atoms. The summed E-state index contributed by atoms with van der Waals surface area (Å²) >= 11 is 5.88. The molecule has 9 heteroatoms. The van der Waals surface area contributed by atoms with E-state index < -0.39 is 0 Å². The lowest BCUT2D eigenvalue weighted by molar-refractivity contribution is 0.281. The number of guanidine groups is 1. The number of hydrogen-bond acceptors (Lipinski definition) is 4. The maximum Gasteiger partial charge on any atom is 0.193 e. The Labute approximate surface area is 192 Å². The lowest BCUT2D eigenvalue weighted by Gasteiger charge is -2.22. The van der Waals surface area contributed by atoms with Gasteiger partial charge in [0, 0.05) is 31.2 Å². The van der Waals surface area contributed by atoms with Crippen molar-refractivity contribution in [2.75, 3.05) is 27.2 Å².